The van der Waals surface area contributed by atoms with Gasteiger partial charge in [-0.25, -0.2) is 0 Å². The van der Waals surface area contributed by atoms with Gasteiger partial charge in [0.1, 0.15) is 35.4 Å². The Morgan fingerprint density at radius 2 is 0.648 bits per heavy atom. The Kier molecular flexibility index (Phi) is 20.4. The number of nitriles is 4. The van der Waals surface area contributed by atoms with E-state index in [4.69, 9.17) is 0 Å². The summed E-state index contributed by atoms with van der Waals surface area (Å²) in [6.07, 6.45) is 26.6. The third kappa shape index (κ3) is 12.1. The highest BCUT2D eigenvalue weighted by molar-refractivity contribution is 7.31. The standard InChI is InChI=1S/C98H84N4O2S4/c1-5-9-13-17-25-61-33-41-67(42-34-61)97(68-43-35-62(36-44-68)26-18-14-10-6-2)87-75-49-52-80-88(76(75)50-51-79(87)93-89(97)95-83(107-93)55-71(105-95)53-81-85(65(57-99)58-100)73-29-21-23-31-77(73)91(81)103)98(69-45-37-63(38-46-69)27-19-15-11-7-3,70-47-39-64(40-48-70)28-20-16-12-8-4)90-94(80)108-84-56-72(106-96(84)90)54-82-86(66(59-101)60-102)74-30-22-24-32-78(74)92(82)104/h21-24,29-56H,5-20,25-28H2,1-4H3/b81-53-,82-54-. The Hall–Kier alpha value is -10.4. The molecule has 0 N–H and O–H groups in total. The largest absolute Gasteiger partial charge is 0.289 e. The van der Waals surface area contributed by atoms with Gasteiger partial charge in [-0.2, -0.15) is 21.0 Å². The van der Waals surface area contributed by atoms with Gasteiger partial charge in [0.25, 0.3) is 0 Å². The molecule has 10 heteroatoms. The van der Waals surface area contributed by atoms with Crippen LogP contribution in [0.4, 0.5) is 0 Å². The zero-order valence-electron chi connectivity index (χ0n) is 61.9. The number of thiophene rings is 4. The summed E-state index contributed by atoms with van der Waals surface area (Å²) in [6.45, 7) is 9.08. The minimum atomic E-state index is -0.872. The number of carbonyl (C=O) groups is 2. The second-order valence-corrected chi connectivity index (χ2v) is 34.0. The molecule has 0 bridgehead atoms. The van der Waals surface area contributed by atoms with Crippen LogP contribution in [0.5, 0.6) is 0 Å². The Labute approximate surface area is 650 Å². The lowest BCUT2D eigenvalue weighted by atomic mass is 9.64. The lowest BCUT2D eigenvalue weighted by Gasteiger charge is -2.37. The molecule has 0 radical (unpaired) electrons. The molecule has 0 saturated carbocycles. The van der Waals surface area contributed by atoms with Crippen molar-refractivity contribution in [3.8, 4) is 45.2 Å². The minimum Gasteiger partial charge on any atom is -0.289 e. The monoisotopic (exact) mass is 1480 g/mol. The zero-order valence-corrected chi connectivity index (χ0v) is 65.1. The third-order valence-corrected chi connectivity index (χ3v) is 28.0. The molecule has 0 amide bonds. The van der Waals surface area contributed by atoms with Crippen LogP contribution in [0.1, 0.15) is 239 Å². The minimum absolute atomic E-state index is 0.0799. The van der Waals surface area contributed by atoms with Crippen LogP contribution in [0.3, 0.4) is 0 Å². The van der Waals surface area contributed by atoms with E-state index in [-0.39, 0.29) is 22.7 Å². The highest BCUT2D eigenvalue weighted by Crippen LogP contribution is 2.68. The van der Waals surface area contributed by atoms with Gasteiger partial charge in [0, 0.05) is 73.5 Å². The maximum atomic E-state index is 14.7. The average molecular weight is 1480 g/mol. The van der Waals surface area contributed by atoms with Gasteiger partial charge >= 0.3 is 0 Å². The predicted molar refractivity (Wildman–Crippen MR) is 450 cm³/mol. The summed E-state index contributed by atoms with van der Waals surface area (Å²) in [5.74, 6) is -0.388. The topological polar surface area (TPSA) is 129 Å². The number of benzene rings is 8. The van der Waals surface area contributed by atoms with Crippen molar-refractivity contribution >= 4 is 110 Å². The Balaban J connectivity index is 0.975. The number of nitrogens with zero attached hydrogens (tertiary/aromatic N) is 4. The smallest absolute Gasteiger partial charge is 0.194 e. The SMILES string of the molecule is CCCCCCc1ccc(C2(c3ccc(CCCCCC)cc3)c3c(ccc4c5c(ccc34)-c3sc4cc(/C=C6\C(=O)c7ccccc7C6=C(C#N)C#N)sc4c3C5(c3ccc(CCCCCC)cc3)c3ccc(CCCCCC)cc3)-c3sc4cc(/C=C5\C(=O)c6ccccc6C5=C(C#N)C#N)sc4c32)cc1. The van der Waals surface area contributed by atoms with Crippen LogP contribution in [0.15, 0.2) is 204 Å². The Morgan fingerprint density at radius 3 is 0.944 bits per heavy atom. The number of hydrogen-bond donors (Lipinski definition) is 0. The van der Waals surface area contributed by atoms with E-state index in [1.165, 1.54) is 175 Å². The van der Waals surface area contributed by atoms with Crippen molar-refractivity contribution < 1.29 is 9.59 Å². The molecule has 0 aliphatic heterocycles. The van der Waals surface area contributed by atoms with Crippen molar-refractivity contribution in [1.29, 1.82) is 21.0 Å². The van der Waals surface area contributed by atoms with E-state index < -0.39 is 10.8 Å². The van der Waals surface area contributed by atoms with E-state index in [0.29, 0.717) is 44.5 Å². The maximum absolute atomic E-state index is 14.7. The fourth-order valence-corrected chi connectivity index (χ4v) is 23.5. The van der Waals surface area contributed by atoms with E-state index in [1.807, 2.05) is 71.2 Å². The van der Waals surface area contributed by atoms with Crippen LogP contribution < -0.4 is 0 Å². The third-order valence-electron chi connectivity index (χ3n) is 23.2. The summed E-state index contributed by atoms with van der Waals surface area (Å²) in [6, 6.07) is 76.1. The molecular formula is C98H84N4O2S4. The van der Waals surface area contributed by atoms with E-state index in [0.717, 1.165) is 79.9 Å². The highest BCUT2D eigenvalue weighted by Gasteiger charge is 2.54. The van der Waals surface area contributed by atoms with Gasteiger partial charge in [0.05, 0.1) is 20.2 Å². The summed E-state index contributed by atoms with van der Waals surface area (Å²) in [7, 11) is 0. The van der Waals surface area contributed by atoms with Crippen LogP contribution in [0, 0.1) is 45.3 Å². The van der Waals surface area contributed by atoms with Crippen LogP contribution in [0.2, 0.25) is 0 Å². The molecule has 8 aromatic carbocycles. The number of Topliss-reactive ketones (excluding diaryl/α,β-unsaturated/α-hetero) is 2. The fraction of sp³-hybridized carbons (Fsp3) is 0.265. The van der Waals surface area contributed by atoms with Crippen molar-refractivity contribution in [2.24, 2.45) is 0 Å². The molecule has 16 rings (SSSR count). The van der Waals surface area contributed by atoms with E-state index in [2.05, 4.69) is 185 Å². The van der Waals surface area contributed by atoms with Gasteiger partial charge in [-0.1, -0.05) is 275 Å². The number of carbonyl (C=O) groups excluding carboxylic acids is 2. The number of rotatable bonds is 26. The molecular weight excluding hydrogens is 1390 g/mol. The first-order valence-electron chi connectivity index (χ1n) is 39.0. The molecule has 0 unspecified atom stereocenters. The number of ketones is 2. The molecule has 4 aromatic heterocycles. The first kappa shape index (κ1) is 71.8. The van der Waals surface area contributed by atoms with Gasteiger partial charge in [-0.05, 0) is 164 Å². The van der Waals surface area contributed by atoms with Crippen LogP contribution in [0.25, 0.3) is 73.8 Å². The second kappa shape index (κ2) is 30.7. The molecule has 0 saturated heterocycles. The second-order valence-electron chi connectivity index (χ2n) is 29.7. The summed E-state index contributed by atoms with van der Waals surface area (Å²) < 4.78 is 4.51. The van der Waals surface area contributed by atoms with Crippen LogP contribution >= 0.6 is 45.3 Å². The number of allylic oxidation sites excluding steroid dienone is 6. The molecule has 4 aliphatic carbocycles. The molecule has 4 aliphatic rings. The summed E-state index contributed by atoms with van der Waals surface area (Å²) in [4.78, 5) is 33.5. The molecule has 4 heterocycles. The summed E-state index contributed by atoms with van der Waals surface area (Å²) in [5, 5.41) is 44.2. The number of unbranched alkanes of at least 4 members (excludes halogenated alkanes) is 12. The van der Waals surface area contributed by atoms with Gasteiger partial charge in [0.15, 0.2) is 11.6 Å². The van der Waals surface area contributed by atoms with E-state index >= 15 is 0 Å². The van der Waals surface area contributed by atoms with Crippen LogP contribution in [-0.4, -0.2) is 11.6 Å². The summed E-state index contributed by atoms with van der Waals surface area (Å²) in [5.41, 5.74) is 19.2. The van der Waals surface area contributed by atoms with Crippen molar-refractivity contribution in [2.45, 2.75) is 167 Å². The number of fused-ring (bicyclic) bond motifs is 15. The first-order valence-corrected chi connectivity index (χ1v) is 42.3. The van der Waals surface area contributed by atoms with Gasteiger partial charge in [-0.15, -0.1) is 45.3 Å². The van der Waals surface area contributed by atoms with Gasteiger partial charge in [-0.3, -0.25) is 9.59 Å². The normalized spacial score (nSPS) is 14.8. The Morgan fingerprint density at radius 1 is 0.343 bits per heavy atom. The number of hydrogen-bond acceptors (Lipinski definition) is 10. The van der Waals surface area contributed by atoms with E-state index in [1.54, 1.807) is 34.8 Å². The molecule has 108 heavy (non-hydrogen) atoms. The van der Waals surface area contributed by atoms with Gasteiger partial charge < -0.3 is 0 Å². The lowest BCUT2D eigenvalue weighted by Crippen LogP contribution is -2.30. The van der Waals surface area contributed by atoms with Crippen molar-refractivity contribution in [2.75, 3.05) is 0 Å². The van der Waals surface area contributed by atoms with E-state index in [9.17, 15) is 30.6 Å². The lowest BCUT2D eigenvalue weighted by molar-refractivity contribution is 0.103. The number of aryl methyl sites for hydroxylation is 4. The molecule has 6 nitrogen and oxygen atoms in total. The van der Waals surface area contributed by atoms with Crippen molar-refractivity contribution in [3.63, 3.8) is 0 Å². The molecule has 532 valence electrons. The average Bonchev–Trinajstić information content (AvgIpc) is 1.49. The molecule has 0 spiro atoms. The van der Waals surface area contributed by atoms with Crippen molar-refractivity contribution in [1.82, 2.24) is 0 Å². The van der Waals surface area contributed by atoms with Gasteiger partial charge in [0.2, 0.25) is 0 Å². The van der Waals surface area contributed by atoms with Crippen LogP contribution in [-0.2, 0) is 36.5 Å². The fourth-order valence-electron chi connectivity index (χ4n) is 18.0. The van der Waals surface area contributed by atoms with Crippen molar-refractivity contribution in [3.05, 3.63) is 303 Å². The molecule has 0 fully saturated rings. The first-order chi connectivity index (χ1) is 53.1. The molecule has 0 atom stereocenters. The predicted octanol–water partition coefficient (Wildman–Crippen LogP) is 26.8. The maximum Gasteiger partial charge on any atom is 0.194 e. The quantitative estimate of drug-likeness (QED) is 0.0302. The molecule has 12 aromatic rings. The highest BCUT2D eigenvalue weighted by atomic mass is 32.1. The Bertz CT molecular complexity index is 5380. The summed E-state index contributed by atoms with van der Waals surface area (Å²) >= 11 is 7.01. The zero-order chi connectivity index (χ0) is 74.2.